The van der Waals surface area contributed by atoms with Gasteiger partial charge in [0, 0.05) is 56.8 Å². The molecule has 3 aliphatic heterocycles. The maximum Gasteiger partial charge on any atom is 0.223 e. The minimum atomic E-state index is 0.101. The lowest BCUT2D eigenvalue weighted by molar-refractivity contribution is -0.153. The van der Waals surface area contributed by atoms with Gasteiger partial charge < -0.3 is 10.2 Å². The van der Waals surface area contributed by atoms with Crippen molar-refractivity contribution in [2.45, 2.75) is 64.6 Å². The second-order valence-electron chi connectivity index (χ2n) is 9.29. The van der Waals surface area contributed by atoms with Crippen molar-refractivity contribution in [3.63, 3.8) is 0 Å². The third-order valence-corrected chi connectivity index (χ3v) is 6.64. The molecule has 1 aromatic heterocycles. The Labute approximate surface area is 167 Å². The summed E-state index contributed by atoms with van der Waals surface area (Å²) in [5, 5.41) is 10.1. The van der Waals surface area contributed by atoms with Crippen LogP contribution in [0.5, 0.6) is 0 Å². The number of hydrogen-bond donors (Lipinski definition) is 2. The molecule has 1 aromatic rings. The number of carbonyl (C=O) groups is 2. The molecule has 28 heavy (non-hydrogen) atoms. The molecule has 7 nitrogen and oxygen atoms in total. The number of H-pyrrole nitrogens is 1. The molecule has 4 atom stereocenters. The van der Waals surface area contributed by atoms with Crippen LogP contribution in [-0.2, 0) is 16.1 Å². The molecule has 0 aromatic carbocycles. The van der Waals surface area contributed by atoms with Crippen LogP contribution < -0.4 is 5.32 Å². The van der Waals surface area contributed by atoms with Crippen LogP contribution in [0.3, 0.4) is 0 Å². The van der Waals surface area contributed by atoms with Crippen molar-refractivity contribution < 1.29 is 9.59 Å². The van der Waals surface area contributed by atoms with Crippen LogP contribution >= 0.6 is 0 Å². The predicted octanol–water partition coefficient (Wildman–Crippen LogP) is 1.77. The Morgan fingerprint density at radius 3 is 2.93 bits per heavy atom. The molecule has 2 bridgehead atoms. The van der Waals surface area contributed by atoms with E-state index in [0.29, 0.717) is 43.2 Å². The second-order valence-corrected chi connectivity index (χ2v) is 9.29. The van der Waals surface area contributed by atoms with Crippen molar-refractivity contribution in [2.24, 2.45) is 17.8 Å². The van der Waals surface area contributed by atoms with Crippen LogP contribution in [0.4, 0.5) is 0 Å². The van der Waals surface area contributed by atoms with E-state index in [4.69, 9.17) is 0 Å². The summed E-state index contributed by atoms with van der Waals surface area (Å²) < 4.78 is 0. The summed E-state index contributed by atoms with van der Waals surface area (Å²) in [6.45, 7) is 7.63. The number of nitrogens with one attached hydrogen (secondary N) is 2. The topological polar surface area (TPSA) is 81.3 Å². The van der Waals surface area contributed by atoms with E-state index in [2.05, 4.69) is 39.2 Å². The van der Waals surface area contributed by atoms with Gasteiger partial charge in [-0.3, -0.25) is 19.6 Å². The van der Waals surface area contributed by atoms with Crippen LogP contribution in [0.25, 0.3) is 0 Å². The van der Waals surface area contributed by atoms with Crippen molar-refractivity contribution in [1.29, 1.82) is 0 Å². The highest BCUT2D eigenvalue weighted by atomic mass is 16.2. The Morgan fingerprint density at radius 2 is 2.18 bits per heavy atom. The van der Waals surface area contributed by atoms with Crippen LogP contribution in [-0.4, -0.2) is 63.5 Å². The summed E-state index contributed by atoms with van der Waals surface area (Å²) in [7, 11) is 0. The third kappa shape index (κ3) is 4.09. The molecule has 2 N–H and O–H groups in total. The summed E-state index contributed by atoms with van der Waals surface area (Å²) in [4.78, 5) is 29.8. The highest BCUT2D eigenvalue weighted by Crippen LogP contribution is 2.41. The standard InChI is InChI=1S/C21H33N5O2/c1-14(2)6-20(27)22-10-19-17-7-16(18-4-3-5-21(28)26(18)19)12-25(13-17)11-15-8-23-24-9-15/h8-9,14,16-19H,3-7,10-13H2,1-2H3,(H,22,27)(H,23,24)/t16-,17+,18+,19+/m1/s1. The fourth-order valence-corrected chi connectivity index (χ4v) is 5.55. The summed E-state index contributed by atoms with van der Waals surface area (Å²) in [6, 6.07) is 0.453. The van der Waals surface area contributed by atoms with Crippen molar-refractivity contribution >= 4 is 11.8 Å². The molecule has 3 fully saturated rings. The Kier molecular flexibility index (Phi) is 5.71. The number of carbonyl (C=O) groups excluding carboxylic acids is 2. The molecule has 3 aliphatic rings. The van der Waals surface area contributed by atoms with Crippen LogP contribution in [0.1, 0.15) is 51.5 Å². The number of hydrogen-bond acceptors (Lipinski definition) is 4. The van der Waals surface area contributed by atoms with Gasteiger partial charge >= 0.3 is 0 Å². The average Bonchev–Trinajstić information content (AvgIpc) is 3.14. The number of aromatic nitrogens is 2. The number of aromatic amines is 1. The first-order valence-electron chi connectivity index (χ1n) is 10.8. The van der Waals surface area contributed by atoms with E-state index in [1.54, 1.807) is 0 Å². The fraction of sp³-hybridized carbons (Fsp3) is 0.762. The van der Waals surface area contributed by atoms with Gasteiger partial charge in [0.1, 0.15) is 0 Å². The van der Waals surface area contributed by atoms with Gasteiger partial charge in [-0.15, -0.1) is 0 Å². The first kappa shape index (κ1) is 19.4. The summed E-state index contributed by atoms with van der Waals surface area (Å²) in [5.74, 6) is 1.70. The predicted molar refractivity (Wildman–Crippen MR) is 106 cm³/mol. The number of likely N-dealkylation sites (tertiary alicyclic amines) is 1. The van der Waals surface area contributed by atoms with Gasteiger partial charge in [-0.25, -0.2) is 0 Å². The number of piperidine rings is 3. The smallest absolute Gasteiger partial charge is 0.223 e. The normalized spacial score (nSPS) is 30.4. The Bertz CT molecular complexity index is 689. The van der Waals surface area contributed by atoms with E-state index >= 15 is 0 Å². The van der Waals surface area contributed by atoms with E-state index in [9.17, 15) is 9.59 Å². The molecule has 154 valence electrons. The fourth-order valence-electron chi connectivity index (χ4n) is 5.55. The van der Waals surface area contributed by atoms with E-state index in [0.717, 1.165) is 32.5 Å². The highest BCUT2D eigenvalue weighted by molar-refractivity contribution is 5.78. The molecule has 2 amide bonds. The van der Waals surface area contributed by atoms with Gasteiger partial charge in [0.15, 0.2) is 0 Å². The summed E-state index contributed by atoms with van der Waals surface area (Å²) in [5.41, 5.74) is 1.21. The Hall–Kier alpha value is -1.89. The van der Waals surface area contributed by atoms with Gasteiger partial charge in [0.2, 0.25) is 11.8 Å². The van der Waals surface area contributed by atoms with E-state index in [1.807, 2.05) is 12.4 Å². The van der Waals surface area contributed by atoms with E-state index in [-0.39, 0.29) is 17.9 Å². The first-order valence-corrected chi connectivity index (χ1v) is 10.8. The number of rotatable bonds is 6. The minimum absolute atomic E-state index is 0.101. The number of amides is 2. The van der Waals surface area contributed by atoms with Crippen LogP contribution in [0, 0.1) is 17.8 Å². The Morgan fingerprint density at radius 1 is 1.36 bits per heavy atom. The van der Waals surface area contributed by atoms with Gasteiger partial charge in [0.05, 0.1) is 12.2 Å². The lowest BCUT2D eigenvalue weighted by Gasteiger charge is -2.56. The molecule has 0 radical (unpaired) electrons. The molecular weight excluding hydrogens is 354 g/mol. The number of fused-ring (bicyclic) bond motifs is 4. The largest absolute Gasteiger partial charge is 0.354 e. The average molecular weight is 388 g/mol. The zero-order chi connectivity index (χ0) is 19.7. The first-order chi connectivity index (χ1) is 13.5. The summed E-state index contributed by atoms with van der Waals surface area (Å²) >= 11 is 0. The molecule has 4 rings (SSSR count). The molecule has 3 saturated heterocycles. The maximum absolute atomic E-state index is 12.8. The van der Waals surface area contributed by atoms with Gasteiger partial charge in [-0.05, 0) is 37.0 Å². The van der Waals surface area contributed by atoms with Crippen molar-refractivity contribution in [1.82, 2.24) is 25.3 Å². The van der Waals surface area contributed by atoms with Gasteiger partial charge in [-0.2, -0.15) is 5.10 Å². The lowest BCUT2D eigenvalue weighted by Crippen LogP contribution is -2.67. The molecular formula is C21H33N5O2. The maximum atomic E-state index is 12.8. The molecule has 7 heteroatoms. The molecule has 0 unspecified atom stereocenters. The minimum Gasteiger partial charge on any atom is -0.354 e. The van der Waals surface area contributed by atoms with Gasteiger partial charge in [-0.1, -0.05) is 13.8 Å². The summed E-state index contributed by atoms with van der Waals surface area (Å²) in [6.07, 6.45) is 8.32. The van der Waals surface area contributed by atoms with Crippen molar-refractivity contribution in [3.8, 4) is 0 Å². The van der Waals surface area contributed by atoms with Crippen molar-refractivity contribution in [3.05, 3.63) is 18.0 Å². The lowest BCUT2D eigenvalue weighted by atomic mass is 9.72. The van der Waals surface area contributed by atoms with Gasteiger partial charge in [0.25, 0.3) is 0 Å². The SMILES string of the molecule is CC(C)CC(=O)NC[C@H]1[C@H]2C[C@H](CN(Cc3cn[nH]c3)C2)[C@@H]2CCCC(=O)N21. The quantitative estimate of drug-likeness (QED) is 0.780. The monoisotopic (exact) mass is 387 g/mol. The van der Waals surface area contributed by atoms with E-state index in [1.165, 1.54) is 12.0 Å². The second kappa shape index (κ2) is 8.23. The highest BCUT2D eigenvalue weighted by Gasteiger charge is 2.49. The molecule has 0 aliphatic carbocycles. The van der Waals surface area contributed by atoms with Crippen LogP contribution in [0.2, 0.25) is 0 Å². The van der Waals surface area contributed by atoms with Crippen molar-refractivity contribution in [2.75, 3.05) is 19.6 Å². The molecule has 4 heterocycles. The van der Waals surface area contributed by atoms with Crippen LogP contribution in [0.15, 0.2) is 12.4 Å². The third-order valence-electron chi connectivity index (χ3n) is 6.64. The zero-order valence-corrected chi connectivity index (χ0v) is 17.1. The Balaban J connectivity index is 1.49. The zero-order valence-electron chi connectivity index (χ0n) is 17.1. The molecule has 0 saturated carbocycles. The number of nitrogens with zero attached hydrogens (tertiary/aromatic N) is 3. The molecule has 0 spiro atoms. The van der Waals surface area contributed by atoms with E-state index < -0.39 is 0 Å².